The molecule has 0 aliphatic heterocycles. The molecule has 1 heterocycles. The van der Waals surface area contributed by atoms with Gasteiger partial charge in [0, 0.05) is 18.7 Å². The molecule has 1 aromatic heterocycles. The Hall–Kier alpha value is -3.20. The summed E-state index contributed by atoms with van der Waals surface area (Å²) in [5.74, 6) is 1.17. The molecule has 3 rings (SSSR count). The van der Waals surface area contributed by atoms with E-state index in [4.69, 9.17) is 21.1 Å². The molecule has 2 aromatic carbocycles. The molecular formula is C23H23ClF3N3O3. The zero-order chi connectivity index (χ0) is 24.0. The molecule has 6 nitrogen and oxygen atoms in total. The number of nitrogens with one attached hydrogen (secondary N) is 1. The van der Waals surface area contributed by atoms with Gasteiger partial charge in [0.25, 0.3) is 5.91 Å². The minimum Gasteiger partial charge on any atom is -0.497 e. The van der Waals surface area contributed by atoms with Crippen molar-refractivity contribution < 1.29 is 27.4 Å². The van der Waals surface area contributed by atoms with Crippen LogP contribution in [0.5, 0.6) is 11.5 Å². The van der Waals surface area contributed by atoms with E-state index in [0.29, 0.717) is 24.3 Å². The predicted octanol–water partition coefficient (Wildman–Crippen LogP) is 5.27. The smallest absolute Gasteiger partial charge is 0.436 e. The van der Waals surface area contributed by atoms with Gasteiger partial charge in [-0.2, -0.15) is 18.3 Å². The zero-order valence-electron chi connectivity index (χ0n) is 18.1. The molecule has 176 valence electrons. The third-order valence-corrected chi connectivity index (χ3v) is 5.37. The van der Waals surface area contributed by atoms with Gasteiger partial charge in [-0.15, -0.1) is 0 Å². The molecule has 1 N–H and O–H groups in total. The topological polar surface area (TPSA) is 65.4 Å². The van der Waals surface area contributed by atoms with Crippen molar-refractivity contribution in [2.75, 3.05) is 13.7 Å². The first-order valence-corrected chi connectivity index (χ1v) is 10.5. The average Bonchev–Trinajstić information content (AvgIpc) is 3.10. The Morgan fingerprint density at radius 3 is 2.30 bits per heavy atom. The number of amides is 1. The van der Waals surface area contributed by atoms with Gasteiger partial charge >= 0.3 is 6.18 Å². The van der Waals surface area contributed by atoms with Gasteiger partial charge in [0.2, 0.25) is 0 Å². The fourth-order valence-corrected chi connectivity index (χ4v) is 3.29. The number of alkyl halides is 3. The maximum atomic E-state index is 12.9. The summed E-state index contributed by atoms with van der Waals surface area (Å²) in [5.41, 5.74) is 0.513. The molecular weight excluding hydrogens is 459 g/mol. The molecule has 0 fully saturated rings. The van der Waals surface area contributed by atoms with Crippen LogP contribution in [0, 0.1) is 6.92 Å². The van der Waals surface area contributed by atoms with Crippen molar-refractivity contribution in [3.05, 3.63) is 76.1 Å². The number of nitrogens with zero attached hydrogens (tertiary/aromatic N) is 2. The van der Waals surface area contributed by atoms with Crippen LogP contribution in [0.4, 0.5) is 13.2 Å². The lowest BCUT2D eigenvalue weighted by molar-refractivity contribution is -0.141. The quantitative estimate of drug-likeness (QED) is 0.423. The largest absolute Gasteiger partial charge is 0.497 e. The molecule has 33 heavy (non-hydrogen) atoms. The normalized spacial score (nSPS) is 11.3. The second kappa shape index (κ2) is 10.6. The highest BCUT2D eigenvalue weighted by atomic mass is 35.5. The molecule has 0 aliphatic rings. The van der Waals surface area contributed by atoms with Crippen LogP contribution in [0.25, 0.3) is 0 Å². The predicted molar refractivity (Wildman–Crippen MR) is 118 cm³/mol. The lowest BCUT2D eigenvalue weighted by Gasteiger charge is -2.09. The van der Waals surface area contributed by atoms with E-state index in [1.165, 1.54) is 11.6 Å². The number of benzene rings is 2. The second-order valence-corrected chi connectivity index (χ2v) is 7.62. The number of methoxy groups -OCH3 is 1. The van der Waals surface area contributed by atoms with E-state index >= 15 is 0 Å². The first-order chi connectivity index (χ1) is 15.7. The van der Waals surface area contributed by atoms with Gasteiger partial charge in [-0.05, 0) is 55.3 Å². The molecule has 10 heteroatoms. The Labute approximate surface area is 194 Å². The number of aromatic nitrogens is 2. The van der Waals surface area contributed by atoms with Gasteiger partial charge in [-0.25, -0.2) is 0 Å². The second-order valence-electron chi connectivity index (χ2n) is 7.24. The van der Waals surface area contributed by atoms with E-state index in [9.17, 15) is 18.0 Å². The van der Waals surface area contributed by atoms with E-state index < -0.39 is 16.9 Å². The fraction of sp³-hybridized carbons (Fsp3) is 0.304. The van der Waals surface area contributed by atoms with Crippen LogP contribution in [-0.2, 0) is 19.3 Å². The fourth-order valence-electron chi connectivity index (χ4n) is 3.05. The summed E-state index contributed by atoms with van der Waals surface area (Å²) in [6, 6.07) is 14.2. The van der Waals surface area contributed by atoms with Crippen molar-refractivity contribution in [3.8, 4) is 11.5 Å². The minimum atomic E-state index is -4.60. The van der Waals surface area contributed by atoms with Crippen molar-refractivity contribution >= 4 is 17.5 Å². The van der Waals surface area contributed by atoms with Crippen LogP contribution >= 0.6 is 11.6 Å². The van der Waals surface area contributed by atoms with Crippen LogP contribution < -0.4 is 14.8 Å². The maximum Gasteiger partial charge on any atom is 0.436 e. The average molecular weight is 482 g/mol. The van der Waals surface area contributed by atoms with Gasteiger partial charge in [0.15, 0.2) is 5.69 Å². The molecule has 3 aromatic rings. The van der Waals surface area contributed by atoms with Gasteiger partial charge in [0.05, 0.1) is 17.8 Å². The SMILES string of the molecule is COc1ccc(OCc2ccc(C(=O)NCCCn3nc(C(F)(F)F)c(Cl)c3C)cc2)cc1. The van der Waals surface area contributed by atoms with Crippen molar-refractivity contribution in [2.45, 2.75) is 32.7 Å². The highest BCUT2D eigenvalue weighted by Crippen LogP contribution is 2.35. The number of rotatable bonds is 9. The lowest BCUT2D eigenvalue weighted by Crippen LogP contribution is -2.25. The summed E-state index contributed by atoms with van der Waals surface area (Å²) >= 11 is 5.74. The van der Waals surface area contributed by atoms with E-state index in [0.717, 1.165) is 11.3 Å². The van der Waals surface area contributed by atoms with Crippen molar-refractivity contribution in [1.82, 2.24) is 15.1 Å². The van der Waals surface area contributed by atoms with Gasteiger partial charge in [0.1, 0.15) is 18.1 Å². The van der Waals surface area contributed by atoms with Crippen LogP contribution in [0.1, 0.15) is 33.7 Å². The van der Waals surface area contributed by atoms with Crippen molar-refractivity contribution in [3.63, 3.8) is 0 Å². The van der Waals surface area contributed by atoms with Crippen LogP contribution in [0.3, 0.4) is 0 Å². The summed E-state index contributed by atoms with van der Waals surface area (Å²) in [5, 5.41) is 5.89. The van der Waals surface area contributed by atoms with Gasteiger partial charge in [-0.3, -0.25) is 9.48 Å². The Morgan fingerprint density at radius 1 is 1.09 bits per heavy atom. The van der Waals surface area contributed by atoms with E-state index in [2.05, 4.69) is 10.4 Å². The molecule has 0 radical (unpaired) electrons. The summed E-state index contributed by atoms with van der Waals surface area (Å²) in [7, 11) is 1.59. The summed E-state index contributed by atoms with van der Waals surface area (Å²) < 4.78 is 50.7. The molecule has 0 saturated heterocycles. The standard InChI is InChI=1S/C23H23ClF3N3O3/c1-15-20(24)21(23(25,26)27)29-30(15)13-3-12-28-22(31)17-6-4-16(5-7-17)14-33-19-10-8-18(32-2)9-11-19/h4-11H,3,12-14H2,1-2H3,(H,28,31). The number of hydrogen-bond donors (Lipinski definition) is 1. The number of aryl methyl sites for hydroxylation is 1. The molecule has 0 unspecified atom stereocenters. The lowest BCUT2D eigenvalue weighted by atomic mass is 10.1. The molecule has 0 saturated carbocycles. The highest BCUT2D eigenvalue weighted by Gasteiger charge is 2.38. The Morgan fingerprint density at radius 2 is 1.73 bits per heavy atom. The molecule has 0 aliphatic carbocycles. The van der Waals surface area contributed by atoms with E-state index in [1.54, 1.807) is 43.5 Å². The molecule has 1 amide bonds. The van der Waals surface area contributed by atoms with Crippen LogP contribution in [-0.4, -0.2) is 29.3 Å². The molecule has 0 bridgehead atoms. The highest BCUT2D eigenvalue weighted by molar-refractivity contribution is 6.31. The monoisotopic (exact) mass is 481 g/mol. The Bertz CT molecular complexity index is 1080. The number of carbonyl (C=O) groups is 1. The van der Waals surface area contributed by atoms with E-state index in [-0.39, 0.29) is 24.7 Å². The summed E-state index contributed by atoms with van der Waals surface area (Å²) in [6.07, 6.45) is -4.21. The van der Waals surface area contributed by atoms with Crippen LogP contribution in [0.2, 0.25) is 5.02 Å². The van der Waals surface area contributed by atoms with Crippen LogP contribution in [0.15, 0.2) is 48.5 Å². The molecule has 0 atom stereocenters. The van der Waals surface area contributed by atoms with Gasteiger partial charge < -0.3 is 14.8 Å². The third-order valence-electron chi connectivity index (χ3n) is 4.92. The first kappa shape index (κ1) is 24.4. The summed E-state index contributed by atoms with van der Waals surface area (Å²) in [6.45, 7) is 2.30. The Kier molecular flexibility index (Phi) is 7.86. The van der Waals surface area contributed by atoms with Crippen molar-refractivity contribution in [1.29, 1.82) is 0 Å². The van der Waals surface area contributed by atoms with Crippen molar-refractivity contribution in [2.24, 2.45) is 0 Å². The number of hydrogen-bond acceptors (Lipinski definition) is 4. The number of ether oxygens (including phenoxy) is 2. The third kappa shape index (κ3) is 6.41. The minimum absolute atomic E-state index is 0.198. The first-order valence-electron chi connectivity index (χ1n) is 10.1. The zero-order valence-corrected chi connectivity index (χ0v) is 18.8. The Balaban J connectivity index is 1.45. The number of carbonyl (C=O) groups excluding carboxylic acids is 1. The maximum absolute atomic E-state index is 12.9. The number of halogens is 4. The van der Waals surface area contributed by atoms with E-state index in [1.807, 2.05) is 12.1 Å². The summed E-state index contributed by atoms with van der Waals surface area (Å²) in [4.78, 5) is 12.3. The molecule has 0 spiro atoms. The van der Waals surface area contributed by atoms with Gasteiger partial charge in [-0.1, -0.05) is 23.7 Å².